The third-order valence-corrected chi connectivity index (χ3v) is 3.00. The van der Waals surface area contributed by atoms with Crippen LogP contribution in [0.3, 0.4) is 0 Å². The summed E-state index contributed by atoms with van der Waals surface area (Å²) < 4.78 is 5.60. The normalized spacial score (nSPS) is 10.9. The van der Waals surface area contributed by atoms with Crippen LogP contribution in [0.4, 0.5) is 0 Å². The van der Waals surface area contributed by atoms with Gasteiger partial charge in [0.1, 0.15) is 5.52 Å². The summed E-state index contributed by atoms with van der Waals surface area (Å²) in [6, 6.07) is 13.3. The van der Waals surface area contributed by atoms with Crippen molar-refractivity contribution >= 4 is 11.1 Å². The zero-order valence-electron chi connectivity index (χ0n) is 10.1. The second-order valence-electron chi connectivity index (χ2n) is 4.19. The van der Waals surface area contributed by atoms with Gasteiger partial charge in [0.25, 0.3) is 0 Å². The van der Waals surface area contributed by atoms with Crippen molar-refractivity contribution in [1.29, 1.82) is 0 Å². The molecule has 0 radical (unpaired) electrons. The fraction of sp³-hybridized carbons (Fsp3) is 0.133. The van der Waals surface area contributed by atoms with Crippen molar-refractivity contribution in [2.24, 2.45) is 0 Å². The monoisotopic (exact) mass is 239 g/mol. The first kappa shape index (κ1) is 10.8. The molecule has 0 bridgehead atoms. The summed E-state index contributed by atoms with van der Waals surface area (Å²) in [5, 5.41) is 9.68. The van der Waals surface area contributed by atoms with Gasteiger partial charge in [0.15, 0.2) is 11.3 Å². The predicted octanol–water partition coefficient (Wildman–Crippen LogP) is 3.76. The Hall–Kier alpha value is -2.29. The van der Waals surface area contributed by atoms with Crippen LogP contribution in [0.5, 0.6) is 5.75 Å². The lowest BCUT2D eigenvalue weighted by Gasteiger charge is -1.97. The first-order valence-corrected chi connectivity index (χ1v) is 5.96. The zero-order chi connectivity index (χ0) is 12.5. The Morgan fingerprint density at radius 1 is 1.11 bits per heavy atom. The van der Waals surface area contributed by atoms with Gasteiger partial charge in [0, 0.05) is 5.56 Å². The third-order valence-electron chi connectivity index (χ3n) is 3.00. The van der Waals surface area contributed by atoms with Crippen LogP contribution < -0.4 is 0 Å². The molecular formula is C15H13NO2. The first-order valence-electron chi connectivity index (χ1n) is 5.96. The van der Waals surface area contributed by atoms with Gasteiger partial charge in [-0.3, -0.25) is 0 Å². The summed E-state index contributed by atoms with van der Waals surface area (Å²) in [5.74, 6) is 0.658. The van der Waals surface area contributed by atoms with Gasteiger partial charge in [0.2, 0.25) is 5.89 Å². The molecule has 90 valence electrons. The van der Waals surface area contributed by atoms with E-state index in [-0.39, 0.29) is 5.75 Å². The molecule has 0 aliphatic heterocycles. The largest absolute Gasteiger partial charge is 0.504 e. The molecule has 18 heavy (non-hydrogen) atoms. The molecule has 3 aromatic rings. The van der Waals surface area contributed by atoms with Gasteiger partial charge >= 0.3 is 0 Å². The third kappa shape index (κ3) is 1.74. The van der Waals surface area contributed by atoms with Crippen LogP contribution in [0.15, 0.2) is 46.9 Å². The molecule has 3 nitrogen and oxygen atoms in total. The van der Waals surface area contributed by atoms with E-state index in [1.165, 1.54) is 5.56 Å². The van der Waals surface area contributed by atoms with E-state index in [0.717, 1.165) is 12.0 Å². The molecule has 0 unspecified atom stereocenters. The molecule has 0 fully saturated rings. The molecule has 0 saturated carbocycles. The lowest BCUT2D eigenvalue weighted by molar-refractivity contribution is 0.466. The highest BCUT2D eigenvalue weighted by Crippen LogP contribution is 2.29. The van der Waals surface area contributed by atoms with E-state index >= 15 is 0 Å². The van der Waals surface area contributed by atoms with Gasteiger partial charge in [-0.2, -0.15) is 0 Å². The van der Waals surface area contributed by atoms with Crippen molar-refractivity contribution in [3.63, 3.8) is 0 Å². The highest BCUT2D eigenvalue weighted by atomic mass is 16.4. The second kappa shape index (κ2) is 4.18. The molecular weight excluding hydrogens is 226 g/mol. The minimum atomic E-state index is 0.122. The summed E-state index contributed by atoms with van der Waals surface area (Å²) in [7, 11) is 0. The Morgan fingerprint density at radius 3 is 2.56 bits per heavy atom. The van der Waals surface area contributed by atoms with E-state index in [1.54, 1.807) is 12.1 Å². The molecule has 0 amide bonds. The summed E-state index contributed by atoms with van der Waals surface area (Å²) in [4.78, 5) is 4.37. The lowest BCUT2D eigenvalue weighted by atomic mass is 10.1. The highest BCUT2D eigenvalue weighted by Gasteiger charge is 2.10. The fourth-order valence-corrected chi connectivity index (χ4v) is 1.94. The van der Waals surface area contributed by atoms with Crippen molar-refractivity contribution in [1.82, 2.24) is 4.98 Å². The van der Waals surface area contributed by atoms with Crippen LogP contribution >= 0.6 is 0 Å². The van der Waals surface area contributed by atoms with Gasteiger partial charge < -0.3 is 9.52 Å². The fourth-order valence-electron chi connectivity index (χ4n) is 1.94. The molecule has 0 atom stereocenters. The molecule has 3 rings (SSSR count). The molecule has 1 aromatic heterocycles. The summed E-state index contributed by atoms with van der Waals surface area (Å²) in [6.07, 6.45) is 1.01. The minimum absolute atomic E-state index is 0.122. The number of aromatic nitrogens is 1. The van der Waals surface area contributed by atoms with Crippen LogP contribution in [0.1, 0.15) is 12.5 Å². The van der Waals surface area contributed by atoms with Crippen LogP contribution in [0, 0.1) is 0 Å². The van der Waals surface area contributed by atoms with E-state index in [1.807, 2.05) is 18.2 Å². The molecule has 3 heteroatoms. The van der Waals surface area contributed by atoms with E-state index < -0.39 is 0 Å². The average Bonchev–Trinajstić information content (AvgIpc) is 2.84. The highest BCUT2D eigenvalue weighted by molar-refractivity contribution is 5.81. The van der Waals surface area contributed by atoms with E-state index in [9.17, 15) is 5.11 Å². The van der Waals surface area contributed by atoms with Gasteiger partial charge in [-0.05, 0) is 36.2 Å². The number of hydrogen-bond acceptors (Lipinski definition) is 3. The van der Waals surface area contributed by atoms with Crippen molar-refractivity contribution in [3.05, 3.63) is 48.0 Å². The standard InChI is InChI=1S/C15H13NO2/c1-2-10-6-8-11(9-7-10)15-16-12-4-3-5-13(17)14(12)18-15/h3-9,17H,2H2,1H3. The van der Waals surface area contributed by atoms with Gasteiger partial charge in [-0.15, -0.1) is 0 Å². The number of phenols is 1. The maximum atomic E-state index is 9.68. The Kier molecular flexibility index (Phi) is 2.52. The SMILES string of the molecule is CCc1ccc(-c2nc3cccc(O)c3o2)cc1. The minimum Gasteiger partial charge on any atom is -0.504 e. The predicted molar refractivity (Wildman–Crippen MR) is 70.5 cm³/mol. The summed E-state index contributed by atoms with van der Waals surface area (Å²) >= 11 is 0. The van der Waals surface area contributed by atoms with Gasteiger partial charge in [-0.1, -0.05) is 25.1 Å². The van der Waals surface area contributed by atoms with Gasteiger partial charge in [-0.25, -0.2) is 4.98 Å². The quantitative estimate of drug-likeness (QED) is 0.740. The topological polar surface area (TPSA) is 46.3 Å². The number of phenolic OH excluding ortho intramolecular Hbond substituents is 1. The molecule has 2 aromatic carbocycles. The van der Waals surface area contributed by atoms with Crippen LogP contribution in [-0.4, -0.2) is 10.1 Å². The van der Waals surface area contributed by atoms with Crippen molar-refractivity contribution in [2.45, 2.75) is 13.3 Å². The van der Waals surface area contributed by atoms with Crippen molar-refractivity contribution in [3.8, 4) is 17.2 Å². The molecule has 0 spiro atoms. The van der Waals surface area contributed by atoms with Crippen LogP contribution in [0.2, 0.25) is 0 Å². The maximum Gasteiger partial charge on any atom is 0.227 e. The van der Waals surface area contributed by atoms with E-state index in [4.69, 9.17) is 4.42 Å². The lowest BCUT2D eigenvalue weighted by Crippen LogP contribution is -1.81. The zero-order valence-corrected chi connectivity index (χ0v) is 10.1. The number of oxazole rings is 1. The number of fused-ring (bicyclic) bond motifs is 1. The van der Waals surface area contributed by atoms with Crippen LogP contribution in [0.25, 0.3) is 22.6 Å². The first-order chi connectivity index (χ1) is 8.78. The molecule has 0 saturated heterocycles. The second-order valence-corrected chi connectivity index (χ2v) is 4.19. The van der Waals surface area contributed by atoms with Crippen molar-refractivity contribution in [2.75, 3.05) is 0 Å². The smallest absolute Gasteiger partial charge is 0.227 e. The maximum absolute atomic E-state index is 9.68. The Bertz CT molecular complexity index is 683. The number of nitrogens with zero attached hydrogens (tertiary/aromatic N) is 1. The Labute approximate surface area is 105 Å². The number of para-hydroxylation sites is 1. The van der Waals surface area contributed by atoms with Crippen LogP contribution in [-0.2, 0) is 6.42 Å². The Balaban J connectivity index is 2.10. The Morgan fingerprint density at radius 2 is 1.89 bits per heavy atom. The number of benzene rings is 2. The molecule has 1 heterocycles. The van der Waals surface area contributed by atoms with Crippen molar-refractivity contribution < 1.29 is 9.52 Å². The van der Waals surface area contributed by atoms with E-state index in [0.29, 0.717) is 17.0 Å². The van der Waals surface area contributed by atoms with E-state index in [2.05, 4.69) is 24.0 Å². The number of hydrogen-bond donors (Lipinski definition) is 1. The summed E-state index contributed by atoms with van der Waals surface area (Å²) in [5.41, 5.74) is 3.30. The average molecular weight is 239 g/mol. The molecule has 0 aliphatic carbocycles. The number of rotatable bonds is 2. The summed E-state index contributed by atoms with van der Waals surface area (Å²) in [6.45, 7) is 2.12. The number of aromatic hydroxyl groups is 1. The van der Waals surface area contributed by atoms with Gasteiger partial charge in [0.05, 0.1) is 0 Å². The molecule has 1 N–H and O–H groups in total. The molecule has 0 aliphatic rings. The number of aryl methyl sites for hydroxylation is 1.